The molecule has 30 heavy (non-hydrogen) atoms. The molecule has 0 saturated carbocycles. The monoisotopic (exact) mass is 419 g/mol. The highest BCUT2D eigenvalue weighted by molar-refractivity contribution is 7.15. The van der Waals surface area contributed by atoms with Crippen molar-refractivity contribution >= 4 is 39.0 Å². The summed E-state index contributed by atoms with van der Waals surface area (Å²) in [6, 6.07) is 17.7. The number of benzene rings is 2. The molecule has 0 radical (unpaired) electrons. The van der Waals surface area contributed by atoms with Crippen LogP contribution in [0.15, 0.2) is 75.3 Å². The normalized spacial score (nSPS) is 10.7. The maximum absolute atomic E-state index is 12.8. The molecule has 7 heteroatoms. The Labute approximate surface area is 175 Å². The second-order valence-corrected chi connectivity index (χ2v) is 7.26. The molecule has 6 nitrogen and oxygen atoms in total. The average molecular weight is 419 g/mol. The maximum Gasteiger partial charge on any atom is 0.344 e. The number of carbonyl (C=O) groups excluding carboxylic acids is 2. The molecule has 4 rings (SSSR count). The van der Waals surface area contributed by atoms with E-state index in [1.807, 2.05) is 30.3 Å². The SMILES string of the molecule is CCOC(=O)c1c(-c2ccccc2)csc1NC(=O)c1cc2ccccc2c(=O)o1. The van der Waals surface area contributed by atoms with Gasteiger partial charge in [-0.15, -0.1) is 11.3 Å². The number of thiophene rings is 1. The molecule has 0 atom stereocenters. The first-order valence-corrected chi connectivity index (χ1v) is 10.1. The summed E-state index contributed by atoms with van der Waals surface area (Å²) in [5, 5.41) is 5.80. The number of rotatable bonds is 5. The topological polar surface area (TPSA) is 85.6 Å². The van der Waals surface area contributed by atoms with Crippen molar-refractivity contribution in [1.29, 1.82) is 0 Å². The van der Waals surface area contributed by atoms with Crippen LogP contribution >= 0.6 is 11.3 Å². The summed E-state index contributed by atoms with van der Waals surface area (Å²) in [6.07, 6.45) is 0. The van der Waals surface area contributed by atoms with Crippen LogP contribution in [0.5, 0.6) is 0 Å². The van der Waals surface area contributed by atoms with E-state index in [4.69, 9.17) is 9.15 Å². The zero-order chi connectivity index (χ0) is 21.1. The molecule has 0 unspecified atom stereocenters. The van der Waals surface area contributed by atoms with Crippen molar-refractivity contribution in [3.8, 4) is 11.1 Å². The fourth-order valence-electron chi connectivity index (χ4n) is 3.10. The second kappa shape index (κ2) is 8.34. The first-order chi connectivity index (χ1) is 14.6. The van der Waals surface area contributed by atoms with Gasteiger partial charge in [0.25, 0.3) is 5.91 Å². The average Bonchev–Trinajstić information content (AvgIpc) is 3.18. The highest BCUT2D eigenvalue weighted by atomic mass is 32.1. The van der Waals surface area contributed by atoms with Crippen molar-refractivity contribution in [3.05, 3.63) is 87.8 Å². The van der Waals surface area contributed by atoms with Gasteiger partial charge in [0.1, 0.15) is 10.6 Å². The molecule has 1 N–H and O–H groups in total. The molecular formula is C23H17NO5S. The Bertz CT molecular complexity index is 1290. The Kier molecular flexibility index (Phi) is 5.45. The number of amides is 1. The van der Waals surface area contributed by atoms with Gasteiger partial charge < -0.3 is 14.5 Å². The van der Waals surface area contributed by atoms with Gasteiger partial charge in [-0.2, -0.15) is 0 Å². The van der Waals surface area contributed by atoms with E-state index in [9.17, 15) is 14.4 Å². The van der Waals surface area contributed by atoms with E-state index >= 15 is 0 Å². The molecule has 4 aromatic rings. The van der Waals surface area contributed by atoms with Crippen LogP contribution in [0.3, 0.4) is 0 Å². The zero-order valence-corrected chi connectivity index (χ0v) is 16.8. The Morgan fingerprint density at radius 3 is 2.57 bits per heavy atom. The van der Waals surface area contributed by atoms with E-state index < -0.39 is 17.5 Å². The number of carbonyl (C=O) groups is 2. The predicted octanol–water partition coefficient (Wildman–Crippen LogP) is 4.95. The quantitative estimate of drug-likeness (QED) is 0.463. The third-order valence-electron chi connectivity index (χ3n) is 4.48. The van der Waals surface area contributed by atoms with Gasteiger partial charge in [-0.3, -0.25) is 4.79 Å². The fraction of sp³-hybridized carbons (Fsp3) is 0.0870. The third kappa shape index (κ3) is 3.75. The van der Waals surface area contributed by atoms with Crippen molar-refractivity contribution in [2.45, 2.75) is 6.92 Å². The van der Waals surface area contributed by atoms with Crippen LogP contribution in [-0.2, 0) is 4.74 Å². The van der Waals surface area contributed by atoms with E-state index in [1.54, 1.807) is 36.6 Å². The Morgan fingerprint density at radius 1 is 1.07 bits per heavy atom. The van der Waals surface area contributed by atoms with Crippen molar-refractivity contribution in [1.82, 2.24) is 0 Å². The first-order valence-electron chi connectivity index (χ1n) is 9.26. The molecule has 2 aromatic heterocycles. The minimum Gasteiger partial charge on any atom is -0.462 e. The summed E-state index contributed by atoms with van der Waals surface area (Å²) in [4.78, 5) is 37.6. The van der Waals surface area contributed by atoms with Gasteiger partial charge in [-0.05, 0) is 30.0 Å². The summed E-state index contributed by atoms with van der Waals surface area (Å²) in [6.45, 7) is 1.92. The molecule has 0 aliphatic rings. The van der Waals surface area contributed by atoms with Crippen LogP contribution in [0.4, 0.5) is 5.00 Å². The Morgan fingerprint density at radius 2 is 1.80 bits per heavy atom. The van der Waals surface area contributed by atoms with E-state index in [1.165, 1.54) is 17.4 Å². The number of nitrogens with one attached hydrogen (secondary N) is 1. The smallest absolute Gasteiger partial charge is 0.344 e. The second-order valence-electron chi connectivity index (χ2n) is 6.38. The first kappa shape index (κ1) is 19.6. The molecule has 150 valence electrons. The van der Waals surface area contributed by atoms with Crippen molar-refractivity contribution in [2.24, 2.45) is 0 Å². The van der Waals surface area contributed by atoms with Crippen molar-refractivity contribution in [2.75, 3.05) is 11.9 Å². The highest BCUT2D eigenvalue weighted by Crippen LogP contribution is 2.36. The molecule has 0 saturated heterocycles. The van der Waals surface area contributed by atoms with Crippen molar-refractivity contribution < 1.29 is 18.7 Å². The molecule has 2 heterocycles. The lowest BCUT2D eigenvalue weighted by Gasteiger charge is -2.09. The minimum absolute atomic E-state index is 0.136. The van der Waals surface area contributed by atoms with E-state index in [0.717, 1.165) is 5.56 Å². The Hall–Kier alpha value is -3.71. The number of fused-ring (bicyclic) bond motifs is 1. The lowest BCUT2D eigenvalue weighted by molar-refractivity contribution is 0.0529. The van der Waals surface area contributed by atoms with Crippen LogP contribution in [0.2, 0.25) is 0 Å². The molecule has 0 spiro atoms. The number of ether oxygens (including phenoxy) is 1. The van der Waals surface area contributed by atoms with Gasteiger partial charge >= 0.3 is 11.6 Å². The van der Waals surface area contributed by atoms with E-state index in [0.29, 0.717) is 21.3 Å². The standard InChI is InChI=1S/C23H17NO5S/c1-2-28-23(27)19-17(14-8-4-3-5-9-14)13-30-21(19)24-20(25)18-12-15-10-6-7-11-16(15)22(26)29-18/h3-13H,2H2,1H3,(H,24,25). The lowest BCUT2D eigenvalue weighted by Crippen LogP contribution is -2.16. The van der Waals surface area contributed by atoms with E-state index in [2.05, 4.69) is 5.32 Å². The maximum atomic E-state index is 12.8. The summed E-state index contributed by atoms with van der Waals surface area (Å²) >= 11 is 1.20. The van der Waals surface area contributed by atoms with Gasteiger partial charge in [0.15, 0.2) is 5.76 Å². The van der Waals surface area contributed by atoms with Crippen LogP contribution in [0.25, 0.3) is 21.9 Å². The van der Waals surface area contributed by atoms with Gasteiger partial charge in [0, 0.05) is 10.9 Å². The molecule has 1 amide bonds. The fourth-order valence-corrected chi connectivity index (χ4v) is 4.05. The largest absolute Gasteiger partial charge is 0.462 e. The highest BCUT2D eigenvalue weighted by Gasteiger charge is 2.24. The summed E-state index contributed by atoms with van der Waals surface area (Å²) in [5.41, 5.74) is 1.16. The number of anilines is 1. The molecule has 0 fully saturated rings. The molecule has 0 bridgehead atoms. The molecule has 0 aliphatic carbocycles. The number of hydrogen-bond acceptors (Lipinski definition) is 6. The van der Waals surface area contributed by atoms with Crippen LogP contribution < -0.4 is 10.9 Å². The Balaban J connectivity index is 1.72. The zero-order valence-electron chi connectivity index (χ0n) is 16.0. The van der Waals surface area contributed by atoms with Gasteiger partial charge in [-0.25, -0.2) is 9.59 Å². The number of hydrogen-bond donors (Lipinski definition) is 1. The molecule has 0 aliphatic heterocycles. The van der Waals surface area contributed by atoms with Crippen LogP contribution in [-0.4, -0.2) is 18.5 Å². The molecule has 2 aromatic carbocycles. The van der Waals surface area contributed by atoms with Gasteiger partial charge in [0.05, 0.1) is 12.0 Å². The number of esters is 1. The summed E-state index contributed by atoms with van der Waals surface area (Å²) in [7, 11) is 0. The van der Waals surface area contributed by atoms with Crippen LogP contribution in [0, 0.1) is 0 Å². The summed E-state index contributed by atoms with van der Waals surface area (Å²) < 4.78 is 10.4. The van der Waals surface area contributed by atoms with Crippen molar-refractivity contribution in [3.63, 3.8) is 0 Å². The van der Waals surface area contributed by atoms with Gasteiger partial charge in [-0.1, -0.05) is 48.5 Å². The van der Waals surface area contributed by atoms with Gasteiger partial charge in [0.2, 0.25) is 0 Å². The summed E-state index contributed by atoms with van der Waals surface area (Å²) in [5.74, 6) is -1.29. The molecular weight excluding hydrogens is 402 g/mol. The van der Waals surface area contributed by atoms with Crippen LogP contribution in [0.1, 0.15) is 27.8 Å². The minimum atomic E-state index is -0.620. The predicted molar refractivity (Wildman–Crippen MR) is 116 cm³/mol. The lowest BCUT2D eigenvalue weighted by atomic mass is 10.0. The third-order valence-corrected chi connectivity index (χ3v) is 5.37. The van der Waals surface area contributed by atoms with E-state index in [-0.39, 0.29) is 17.9 Å².